The Balaban J connectivity index is 2.10. The lowest BCUT2D eigenvalue weighted by Gasteiger charge is -2.17. The van der Waals surface area contributed by atoms with E-state index >= 15 is 0 Å². The molecule has 1 unspecified atom stereocenters. The number of nitro groups is 1. The Bertz CT molecular complexity index is 658. The van der Waals surface area contributed by atoms with E-state index in [2.05, 4.69) is 5.32 Å². The molecule has 1 N–H and O–H groups in total. The molecule has 0 aliphatic carbocycles. The van der Waals surface area contributed by atoms with Gasteiger partial charge in [-0.1, -0.05) is 18.2 Å². The number of nitrogens with one attached hydrogen (secondary N) is 1. The molecule has 0 aromatic heterocycles. The van der Waals surface area contributed by atoms with Crippen LogP contribution in [0.1, 0.15) is 18.1 Å². The van der Waals surface area contributed by atoms with Gasteiger partial charge in [-0.15, -0.1) is 0 Å². The molecule has 110 valence electrons. The van der Waals surface area contributed by atoms with Crippen LogP contribution in [0.4, 0.5) is 15.8 Å². The van der Waals surface area contributed by atoms with E-state index < -0.39 is 4.92 Å². The first-order valence-electron chi connectivity index (χ1n) is 6.71. The number of aryl methyl sites for hydroxylation is 1. The highest BCUT2D eigenvalue weighted by molar-refractivity contribution is 5.57. The molecule has 0 aliphatic rings. The molecule has 0 bridgehead atoms. The summed E-state index contributed by atoms with van der Waals surface area (Å²) in [5, 5.41) is 14.1. The fourth-order valence-corrected chi connectivity index (χ4v) is 2.21. The number of halogens is 1. The Morgan fingerprint density at radius 1 is 1.29 bits per heavy atom. The highest BCUT2D eigenvalue weighted by Gasteiger charge is 2.11. The SMILES string of the molecule is Cc1ccc([N+](=O)[O-])cc1NC(C)Cc1cccc(F)c1. The van der Waals surface area contributed by atoms with Gasteiger partial charge in [-0.25, -0.2) is 4.39 Å². The Labute approximate surface area is 122 Å². The second-order valence-corrected chi connectivity index (χ2v) is 5.14. The Kier molecular flexibility index (Phi) is 4.52. The van der Waals surface area contributed by atoms with Gasteiger partial charge in [0.15, 0.2) is 0 Å². The minimum atomic E-state index is -0.415. The highest BCUT2D eigenvalue weighted by Crippen LogP contribution is 2.23. The first-order valence-corrected chi connectivity index (χ1v) is 6.71. The third-order valence-corrected chi connectivity index (χ3v) is 3.26. The van der Waals surface area contributed by atoms with Crippen LogP contribution in [0, 0.1) is 22.9 Å². The summed E-state index contributed by atoms with van der Waals surface area (Å²) in [5.74, 6) is -0.258. The van der Waals surface area contributed by atoms with Crippen molar-refractivity contribution in [2.45, 2.75) is 26.3 Å². The quantitative estimate of drug-likeness (QED) is 0.666. The van der Waals surface area contributed by atoms with Crippen LogP contribution in [-0.2, 0) is 6.42 Å². The molecule has 0 spiro atoms. The lowest BCUT2D eigenvalue weighted by Crippen LogP contribution is -2.18. The van der Waals surface area contributed by atoms with Crippen LogP contribution in [-0.4, -0.2) is 11.0 Å². The van der Waals surface area contributed by atoms with Gasteiger partial charge in [0.05, 0.1) is 4.92 Å². The van der Waals surface area contributed by atoms with Gasteiger partial charge in [0, 0.05) is 23.9 Å². The zero-order valence-corrected chi connectivity index (χ0v) is 12.0. The maximum atomic E-state index is 13.2. The second-order valence-electron chi connectivity index (χ2n) is 5.14. The molecule has 0 fully saturated rings. The van der Waals surface area contributed by atoms with Crippen LogP contribution >= 0.6 is 0 Å². The van der Waals surface area contributed by atoms with E-state index in [0.717, 1.165) is 16.8 Å². The average molecular weight is 288 g/mol. The van der Waals surface area contributed by atoms with Crippen LogP contribution in [0.3, 0.4) is 0 Å². The molecular weight excluding hydrogens is 271 g/mol. The lowest BCUT2D eigenvalue weighted by atomic mass is 10.1. The van der Waals surface area contributed by atoms with Crippen molar-refractivity contribution in [3.8, 4) is 0 Å². The third-order valence-electron chi connectivity index (χ3n) is 3.26. The fourth-order valence-electron chi connectivity index (χ4n) is 2.21. The average Bonchev–Trinajstić information content (AvgIpc) is 2.41. The molecule has 0 amide bonds. The Morgan fingerprint density at radius 2 is 2.05 bits per heavy atom. The normalized spacial score (nSPS) is 12.0. The molecule has 2 aromatic carbocycles. The number of benzene rings is 2. The number of nitro benzene ring substituents is 1. The van der Waals surface area contributed by atoms with Crippen LogP contribution in [0.15, 0.2) is 42.5 Å². The Morgan fingerprint density at radius 3 is 2.71 bits per heavy atom. The van der Waals surface area contributed by atoms with Gasteiger partial charge < -0.3 is 5.32 Å². The molecule has 0 saturated carbocycles. The summed E-state index contributed by atoms with van der Waals surface area (Å²) < 4.78 is 13.2. The number of rotatable bonds is 5. The Hall–Kier alpha value is -2.43. The predicted octanol–water partition coefficient (Wildman–Crippen LogP) is 4.09. The zero-order valence-electron chi connectivity index (χ0n) is 12.0. The van der Waals surface area contributed by atoms with E-state index in [9.17, 15) is 14.5 Å². The van der Waals surface area contributed by atoms with Crippen molar-refractivity contribution in [3.05, 3.63) is 69.5 Å². The van der Waals surface area contributed by atoms with Gasteiger partial charge >= 0.3 is 0 Å². The highest BCUT2D eigenvalue weighted by atomic mass is 19.1. The summed E-state index contributed by atoms with van der Waals surface area (Å²) in [4.78, 5) is 10.4. The molecule has 1 atom stereocenters. The summed E-state index contributed by atoms with van der Waals surface area (Å²) in [6.07, 6.45) is 0.639. The fraction of sp³-hybridized carbons (Fsp3) is 0.250. The van der Waals surface area contributed by atoms with E-state index in [1.807, 2.05) is 19.9 Å². The van der Waals surface area contributed by atoms with E-state index in [0.29, 0.717) is 6.42 Å². The third kappa shape index (κ3) is 4.02. The van der Waals surface area contributed by atoms with Crippen molar-refractivity contribution in [1.29, 1.82) is 0 Å². The van der Waals surface area contributed by atoms with Gasteiger partial charge in [0.25, 0.3) is 5.69 Å². The summed E-state index contributed by atoms with van der Waals surface area (Å²) in [5.41, 5.74) is 2.61. The molecule has 2 rings (SSSR count). The number of nitrogens with zero attached hydrogens (tertiary/aromatic N) is 1. The standard InChI is InChI=1S/C16H17FN2O2/c1-11-6-7-15(19(20)21)10-16(11)18-12(2)8-13-4-3-5-14(17)9-13/h3-7,9-10,12,18H,8H2,1-2H3. The minimum absolute atomic E-state index is 0.0347. The van der Waals surface area contributed by atoms with Gasteiger partial charge in [0.2, 0.25) is 0 Å². The topological polar surface area (TPSA) is 55.2 Å². The van der Waals surface area contributed by atoms with Crippen LogP contribution in [0.25, 0.3) is 0 Å². The summed E-state index contributed by atoms with van der Waals surface area (Å²) in [6.45, 7) is 3.85. The summed E-state index contributed by atoms with van der Waals surface area (Å²) in [7, 11) is 0. The van der Waals surface area contributed by atoms with Crippen molar-refractivity contribution < 1.29 is 9.31 Å². The number of non-ortho nitro benzene ring substituents is 1. The minimum Gasteiger partial charge on any atom is -0.382 e. The molecule has 0 aliphatic heterocycles. The van der Waals surface area contributed by atoms with Crippen LogP contribution in [0.5, 0.6) is 0 Å². The monoisotopic (exact) mass is 288 g/mol. The summed E-state index contributed by atoms with van der Waals surface area (Å²) >= 11 is 0. The zero-order chi connectivity index (χ0) is 15.4. The molecule has 0 saturated heterocycles. The smallest absolute Gasteiger partial charge is 0.271 e. The van der Waals surface area contributed by atoms with Gasteiger partial charge in [-0.3, -0.25) is 10.1 Å². The van der Waals surface area contributed by atoms with Crippen molar-refractivity contribution in [2.24, 2.45) is 0 Å². The lowest BCUT2D eigenvalue weighted by molar-refractivity contribution is -0.384. The number of hydrogen-bond donors (Lipinski definition) is 1. The van der Waals surface area contributed by atoms with Crippen molar-refractivity contribution in [3.63, 3.8) is 0 Å². The molecule has 0 heterocycles. The van der Waals surface area contributed by atoms with Gasteiger partial charge in [-0.05, 0) is 43.5 Å². The first kappa shape index (κ1) is 15.0. The number of hydrogen-bond acceptors (Lipinski definition) is 3. The summed E-state index contributed by atoms with van der Waals surface area (Å²) in [6, 6.07) is 11.2. The molecule has 5 heteroatoms. The molecular formula is C16H17FN2O2. The van der Waals surface area contributed by atoms with Gasteiger partial charge in [-0.2, -0.15) is 0 Å². The van der Waals surface area contributed by atoms with Crippen LogP contribution < -0.4 is 5.32 Å². The predicted molar refractivity (Wildman–Crippen MR) is 81.0 cm³/mol. The van der Waals surface area contributed by atoms with E-state index in [1.165, 1.54) is 24.3 Å². The maximum absolute atomic E-state index is 13.2. The molecule has 21 heavy (non-hydrogen) atoms. The van der Waals surface area contributed by atoms with Crippen molar-refractivity contribution >= 4 is 11.4 Å². The largest absolute Gasteiger partial charge is 0.382 e. The number of anilines is 1. The molecule has 0 radical (unpaired) electrons. The van der Waals surface area contributed by atoms with Crippen molar-refractivity contribution in [2.75, 3.05) is 5.32 Å². The van der Waals surface area contributed by atoms with E-state index in [-0.39, 0.29) is 17.5 Å². The van der Waals surface area contributed by atoms with E-state index in [1.54, 1.807) is 12.1 Å². The van der Waals surface area contributed by atoms with E-state index in [4.69, 9.17) is 0 Å². The van der Waals surface area contributed by atoms with Crippen LogP contribution in [0.2, 0.25) is 0 Å². The molecule has 4 nitrogen and oxygen atoms in total. The second kappa shape index (κ2) is 6.35. The van der Waals surface area contributed by atoms with Crippen molar-refractivity contribution in [1.82, 2.24) is 0 Å². The molecule has 2 aromatic rings. The van der Waals surface area contributed by atoms with Gasteiger partial charge in [0.1, 0.15) is 5.82 Å². The maximum Gasteiger partial charge on any atom is 0.271 e. The first-order chi connectivity index (χ1) is 9.95.